The van der Waals surface area contributed by atoms with Gasteiger partial charge in [-0.05, 0) is 29.5 Å². The summed E-state index contributed by atoms with van der Waals surface area (Å²) in [5.41, 5.74) is -0.183. The fourth-order valence-electron chi connectivity index (χ4n) is 1.83. The number of aromatic nitrogens is 1. The van der Waals surface area contributed by atoms with Gasteiger partial charge in [-0.25, -0.2) is 0 Å². The molecule has 1 aromatic carbocycles. The molecule has 0 aliphatic carbocycles. The maximum Gasteiger partial charge on any atom is 0.311 e. The molecule has 19 heavy (non-hydrogen) atoms. The molecule has 0 fully saturated rings. The number of benzene rings is 1. The van der Waals surface area contributed by atoms with Crippen molar-refractivity contribution in [1.29, 1.82) is 0 Å². The van der Waals surface area contributed by atoms with E-state index in [1.54, 1.807) is 24.4 Å². The highest BCUT2D eigenvalue weighted by Gasteiger charge is 2.10. The third-order valence-corrected chi connectivity index (χ3v) is 3.19. The third-order valence-electron chi connectivity index (χ3n) is 3.19. The van der Waals surface area contributed by atoms with Crippen molar-refractivity contribution in [2.75, 3.05) is 0 Å². The Morgan fingerprint density at radius 3 is 2.89 bits per heavy atom. The van der Waals surface area contributed by atoms with Crippen LogP contribution in [0.25, 0.3) is 10.8 Å². The van der Waals surface area contributed by atoms with E-state index in [0.717, 1.165) is 11.8 Å². The summed E-state index contributed by atoms with van der Waals surface area (Å²) < 4.78 is 5.26. The highest BCUT2D eigenvalue weighted by atomic mass is 16.5. The summed E-state index contributed by atoms with van der Waals surface area (Å²) in [6.45, 7) is 4.04. The molecule has 0 radical (unpaired) electrons. The Morgan fingerprint density at radius 2 is 2.16 bits per heavy atom. The lowest BCUT2D eigenvalue weighted by Gasteiger charge is -2.08. The van der Waals surface area contributed by atoms with Crippen molar-refractivity contribution in [1.82, 2.24) is 4.98 Å². The van der Waals surface area contributed by atoms with Crippen LogP contribution in [0.4, 0.5) is 0 Å². The summed E-state index contributed by atoms with van der Waals surface area (Å²) in [6, 6.07) is 6.89. The molecule has 0 amide bonds. The van der Waals surface area contributed by atoms with Gasteiger partial charge in [0.25, 0.3) is 5.56 Å². The molecule has 0 spiro atoms. The molecule has 1 N–H and O–H groups in total. The number of fused-ring (bicyclic) bond motifs is 1. The lowest BCUT2D eigenvalue weighted by Crippen LogP contribution is -2.12. The smallest absolute Gasteiger partial charge is 0.311 e. The molecular weight excluding hydrogens is 242 g/mol. The van der Waals surface area contributed by atoms with E-state index in [0.29, 0.717) is 23.5 Å². The molecule has 0 unspecified atom stereocenters. The first kappa shape index (κ1) is 13.3. The summed E-state index contributed by atoms with van der Waals surface area (Å²) >= 11 is 0. The van der Waals surface area contributed by atoms with E-state index < -0.39 is 0 Å². The zero-order valence-corrected chi connectivity index (χ0v) is 11.1. The van der Waals surface area contributed by atoms with Crippen LogP contribution in [0.3, 0.4) is 0 Å². The van der Waals surface area contributed by atoms with Crippen LogP contribution >= 0.6 is 0 Å². The molecule has 100 valence electrons. The van der Waals surface area contributed by atoms with Crippen LogP contribution in [0.1, 0.15) is 26.7 Å². The Hall–Kier alpha value is -2.10. The standard InChI is InChI=1S/C15H17NO3/c1-3-10(2)8-14(17)19-12-5-4-11-6-7-16-15(18)13(11)9-12/h4-7,9-10H,3,8H2,1-2H3,(H,16,18)/t10-/m1/s1. The topological polar surface area (TPSA) is 59.2 Å². The van der Waals surface area contributed by atoms with Gasteiger partial charge in [-0.2, -0.15) is 0 Å². The summed E-state index contributed by atoms with van der Waals surface area (Å²) in [5, 5.41) is 1.35. The SMILES string of the molecule is CC[C@@H](C)CC(=O)Oc1ccc2cc[nH]c(=O)c2c1. The van der Waals surface area contributed by atoms with E-state index in [9.17, 15) is 9.59 Å². The number of hydrogen-bond donors (Lipinski definition) is 1. The number of pyridine rings is 1. The minimum absolute atomic E-state index is 0.183. The number of nitrogens with one attached hydrogen (secondary N) is 1. The van der Waals surface area contributed by atoms with Crippen molar-refractivity contribution < 1.29 is 9.53 Å². The summed E-state index contributed by atoms with van der Waals surface area (Å²) in [6.07, 6.45) is 2.92. The fraction of sp³-hybridized carbons (Fsp3) is 0.333. The first-order valence-corrected chi connectivity index (χ1v) is 6.42. The van der Waals surface area contributed by atoms with Crippen molar-refractivity contribution in [2.45, 2.75) is 26.7 Å². The highest BCUT2D eigenvalue weighted by molar-refractivity contribution is 5.83. The lowest BCUT2D eigenvalue weighted by molar-refractivity contribution is -0.135. The third kappa shape index (κ3) is 3.22. The van der Waals surface area contributed by atoms with Gasteiger partial charge in [-0.1, -0.05) is 26.3 Å². The van der Waals surface area contributed by atoms with E-state index in [2.05, 4.69) is 4.98 Å². The molecule has 2 aromatic rings. The Kier molecular flexibility index (Phi) is 4.00. The number of ether oxygens (including phenoxy) is 1. The predicted molar refractivity (Wildman–Crippen MR) is 74.3 cm³/mol. The zero-order chi connectivity index (χ0) is 13.8. The minimum atomic E-state index is -0.263. The van der Waals surface area contributed by atoms with Crippen molar-refractivity contribution in [3.8, 4) is 5.75 Å². The Labute approximate surface area is 111 Å². The van der Waals surface area contributed by atoms with Gasteiger partial charge in [0.1, 0.15) is 5.75 Å². The number of hydrogen-bond acceptors (Lipinski definition) is 3. The van der Waals surface area contributed by atoms with Gasteiger partial charge in [-0.15, -0.1) is 0 Å². The number of rotatable bonds is 4. The van der Waals surface area contributed by atoms with Crippen molar-refractivity contribution >= 4 is 16.7 Å². The fourth-order valence-corrected chi connectivity index (χ4v) is 1.83. The first-order valence-electron chi connectivity index (χ1n) is 6.42. The normalized spacial score (nSPS) is 12.3. The second-order valence-corrected chi connectivity index (χ2v) is 4.75. The molecule has 1 aromatic heterocycles. The number of carbonyl (C=O) groups is 1. The quantitative estimate of drug-likeness (QED) is 0.678. The van der Waals surface area contributed by atoms with E-state index in [4.69, 9.17) is 4.74 Å². The number of carbonyl (C=O) groups excluding carboxylic acids is 1. The Morgan fingerprint density at radius 1 is 1.37 bits per heavy atom. The second kappa shape index (κ2) is 5.69. The molecular formula is C15H17NO3. The molecule has 0 aliphatic rings. The minimum Gasteiger partial charge on any atom is -0.426 e. The van der Waals surface area contributed by atoms with Crippen LogP contribution in [-0.4, -0.2) is 11.0 Å². The largest absolute Gasteiger partial charge is 0.426 e. The number of aromatic amines is 1. The van der Waals surface area contributed by atoms with Gasteiger partial charge in [0, 0.05) is 12.6 Å². The van der Waals surface area contributed by atoms with Crippen LogP contribution in [0.15, 0.2) is 35.3 Å². The number of esters is 1. The molecule has 0 saturated heterocycles. The molecule has 0 saturated carbocycles. The van der Waals surface area contributed by atoms with Crippen LogP contribution < -0.4 is 10.3 Å². The summed E-state index contributed by atoms with van der Waals surface area (Å²) in [4.78, 5) is 25.9. The van der Waals surface area contributed by atoms with Crippen LogP contribution in [-0.2, 0) is 4.79 Å². The molecule has 4 heteroatoms. The first-order chi connectivity index (χ1) is 9.10. The summed E-state index contributed by atoms with van der Waals surface area (Å²) in [5.74, 6) is 0.454. The van der Waals surface area contributed by atoms with Gasteiger partial charge in [0.15, 0.2) is 0 Å². The van der Waals surface area contributed by atoms with Crippen molar-refractivity contribution in [2.24, 2.45) is 5.92 Å². The molecule has 1 heterocycles. The van der Waals surface area contributed by atoms with E-state index in [1.165, 1.54) is 0 Å². The van der Waals surface area contributed by atoms with Crippen LogP contribution in [0, 0.1) is 5.92 Å². The van der Waals surface area contributed by atoms with Crippen molar-refractivity contribution in [3.05, 3.63) is 40.8 Å². The average molecular weight is 259 g/mol. The molecule has 0 bridgehead atoms. The maximum absolute atomic E-state index is 11.7. The molecule has 0 aliphatic heterocycles. The van der Waals surface area contributed by atoms with Gasteiger partial charge >= 0.3 is 5.97 Å². The molecule has 4 nitrogen and oxygen atoms in total. The second-order valence-electron chi connectivity index (χ2n) is 4.75. The summed E-state index contributed by atoms with van der Waals surface area (Å²) in [7, 11) is 0. The Balaban J connectivity index is 2.20. The van der Waals surface area contributed by atoms with Gasteiger partial charge in [-0.3, -0.25) is 9.59 Å². The lowest BCUT2D eigenvalue weighted by atomic mass is 10.1. The molecule has 2 rings (SSSR count). The predicted octanol–water partition coefficient (Wildman–Crippen LogP) is 2.87. The van der Waals surface area contributed by atoms with Crippen LogP contribution in [0.2, 0.25) is 0 Å². The highest BCUT2D eigenvalue weighted by Crippen LogP contribution is 2.19. The van der Waals surface area contributed by atoms with Gasteiger partial charge in [0.2, 0.25) is 0 Å². The monoisotopic (exact) mass is 259 g/mol. The van der Waals surface area contributed by atoms with E-state index >= 15 is 0 Å². The average Bonchev–Trinajstić information content (AvgIpc) is 2.39. The number of H-pyrrole nitrogens is 1. The van der Waals surface area contributed by atoms with Crippen molar-refractivity contribution in [3.63, 3.8) is 0 Å². The Bertz CT molecular complexity index is 645. The van der Waals surface area contributed by atoms with Crippen LogP contribution in [0.5, 0.6) is 5.75 Å². The zero-order valence-electron chi connectivity index (χ0n) is 11.1. The van der Waals surface area contributed by atoms with Gasteiger partial charge < -0.3 is 9.72 Å². The van der Waals surface area contributed by atoms with E-state index in [-0.39, 0.29) is 11.5 Å². The van der Waals surface area contributed by atoms with E-state index in [1.807, 2.05) is 19.9 Å². The molecule has 1 atom stereocenters. The van der Waals surface area contributed by atoms with Gasteiger partial charge in [0.05, 0.1) is 5.39 Å². The maximum atomic E-state index is 11.7.